The number of amides is 1. The molecule has 0 aromatic heterocycles. The molecule has 142 valence electrons. The molecule has 2 fully saturated rings. The number of carbonyl (C=O) groups is 1. The number of hydrogen-bond donors (Lipinski definition) is 1. The van der Waals surface area contributed by atoms with Crippen LogP contribution < -0.4 is 10.1 Å². The summed E-state index contributed by atoms with van der Waals surface area (Å²) in [5, 5.41) is 4.42. The van der Waals surface area contributed by atoms with E-state index in [2.05, 4.69) is 17.4 Å². The third-order valence-corrected chi connectivity index (χ3v) is 6.55. The van der Waals surface area contributed by atoms with Gasteiger partial charge in [-0.3, -0.25) is 4.79 Å². The van der Waals surface area contributed by atoms with Gasteiger partial charge in [-0.2, -0.15) is 0 Å². The van der Waals surface area contributed by atoms with E-state index >= 15 is 0 Å². The third-order valence-electron chi connectivity index (χ3n) is 5.99. The van der Waals surface area contributed by atoms with Gasteiger partial charge in [0.1, 0.15) is 5.75 Å². The Labute approximate surface area is 170 Å². The average Bonchev–Trinajstić information content (AvgIpc) is 3.03. The van der Waals surface area contributed by atoms with Crippen molar-refractivity contribution in [3.63, 3.8) is 0 Å². The summed E-state index contributed by atoms with van der Waals surface area (Å²) in [4.78, 5) is 12.3. The lowest BCUT2D eigenvalue weighted by Crippen LogP contribution is -2.32. The van der Waals surface area contributed by atoms with E-state index in [1.807, 2.05) is 37.3 Å². The Balaban J connectivity index is 1.74. The van der Waals surface area contributed by atoms with Crippen LogP contribution in [0.4, 0.5) is 0 Å². The summed E-state index contributed by atoms with van der Waals surface area (Å²) in [5.74, 6) is 1.93. The predicted molar refractivity (Wildman–Crippen MR) is 109 cm³/mol. The lowest BCUT2D eigenvalue weighted by atomic mass is 9.63. The van der Waals surface area contributed by atoms with Crippen LogP contribution >= 0.6 is 23.2 Å². The van der Waals surface area contributed by atoms with Gasteiger partial charge >= 0.3 is 0 Å². The molecule has 1 aliphatic carbocycles. The predicted octanol–water partition coefficient (Wildman–Crippen LogP) is 5.42. The Morgan fingerprint density at radius 3 is 2.52 bits per heavy atom. The van der Waals surface area contributed by atoms with Crippen LogP contribution in [0.1, 0.15) is 42.7 Å². The molecule has 4 atom stereocenters. The summed E-state index contributed by atoms with van der Waals surface area (Å²) in [6.07, 6.45) is 1.83. The first-order chi connectivity index (χ1) is 13.1. The van der Waals surface area contributed by atoms with Crippen molar-refractivity contribution < 1.29 is 9.53 Å². The molecule has 5 heteroatoms. The van der Waals surface area contributed by atoms with E-state index in [0.29, 0.717) is 16.7 Å². The van der Waals surface area contributed by atoms with Crippen molar-refractivity contribution in [1.29, 1.82) is 0 Å². The van der Waals surface area contributed by atoms with Crippen LogP contribution in [-0.4, -0.2) is 19.1 Å². The molecule has 1 saturated heterocycles. The van der Waals surface area contributed by atoms with Crippen LogP contribution in [0.15, 0.2) is 42.5 Å². The molecule has 1 amide bonds. The van der Waals surface area contributed by atoms with Gasteiger partial charge in [0, 0.05) is 22.5 Å². The standard InChI is InChI=1S/C22H23Cl2NO2/c1-2-27-15-6-3-13(4-7-15)21-17(16-8-5-14(23)11-20(16)24)9-10-18-19(21)12-25-22(18)26/h3-8,11,17-19,21H,2,9-10,12H2,1H3,(H,25,26)/t17-,18+,19+,21-/m0/s1. The highest BCUT2D eigenvalue weighted by Crippen LogP contribution is 2.52. The SMILES string of the molecule is CCOc1ccc([C@@H]2[C@@H]3CNC(=O)[C@@H]3CC[C@H]2c2ccc(Cl)cc2Cl)cc1. The van der Waals surface area contributed by atoms with E-state index in [0.717, 1.165) is 30.7 Å². The molecule has 1 aliphatic heterocycles. The maximum Gasteiger partial charge on any atom is 0.223 e. The molecule has 2 aromatic carbocycles. The third kappa shape index (κ3) is 3.55. The maximum absolute atomic E-state index is 12.3. The molecule has 1 N–H and O–H groups in total. The van der Waals surface area contributed by atoms with E-state index in [1.165, 1.54) is 5.56 Å². The van der Waals surface area contributed by atoms with E-state index in [4.69, 9.17) is 27.9 Å². The number of carbonyl (C=O) groups excluding carboxylic acids is 1. The number of fused-ring (bicyclic) bond motifs is 1. The molecule has 4 rings (SSSR count). The highest BCUT2D eigenvalue weighted by Gasteiger charge is 2.47. The van der Waals surface area contributed by atoms with Crippen molar-refractivity contribution in [3.8, 4) is 5.75 Å². The topological polar surface area (TPSA) is 38.3 Å². The molecule has 2 aliphatic rings. The normalized spacial score (nSPS) is 27.1. The summed E-state index contributed by atoms with van der Waals surface area (Å²) >= 11 is 12.7. The Morgan fingerprint density at radius 2 is 1.81 bits per heavy atom. The summed E-state index contributed by atoms with van der Waals surface area (Å²) in [5.41, 5.74) is 2.36. The molecule has 2 aromatic rings. The van der Waals surface area contributed by atoms with Crippen molar-refractivity contribution in [3.05, 3.63) is 63.6 Å². The Morgan fingerprint density at radius 1 is 1.07 bits per heavy atom. The lowest BCUT2D eigenvalue weighted by Gasteiger charge is -2.40. The van der Waals surface area contributed by atoms with Crippen molar-refractivity contribution >= 4 is 29.1 Å². The number of halogens is 2. The van der Waals surface area contributed by atoms with E-state index in [9.17, 15) is 4.79 Å². The zero-order valence-electron chi connectivity index (χ0n) is 15.3. The van der Waals surface area contributed by atoms with Gasteiger partial charge in [0.2, 0.25) is 5.91 Å². The molecule has 0 bridgehead atoms. The maximum atomic E-state index is 12.3. The van der Waals surface area contributed by atoms with Crippen LogP contribution in [0.2, 0.25) is 10.0 Å². The van der Waals surface area contributed by atoms with Crippen molar-refractivity contribution in [2.45, 2.75) is 31.6 Å². The minimum Gasteiger partial charge on any atom is -0.494 e. The molecule has 3 nitrogen and oxygen atoms in total. The minimum atomic E-state index is 0.0869. The number of rotatable bonds is 4. The van der Waals surface area contributed by atoms with Gasteiger partial charge in [0.25, 0.3) is 0 Å². The quantitative estimate of drug-likeness (QED) is 0.740. The first-order valence-electron chi connectivity index (χ1n) is 9.54. The highest BCUT2D eigenvalue weighted by atomic mass is 35.5. The van der Waals surface area contributed by atoms with Gasteiger partial charge < -0.3 is 10.1 Å². The van der Waals surface area contributed by atoms with Crippen molar-refractivity contribution in [2.75, 3.05) is 13.2 Å². The van der Waals surface area contributed by atoms with E-state index in [-0.39, 0.29) is 29.6 Å². The monoisotopic (exact) mass is 403 g/mol. The Hall–Kier alpha value is -1.71. The van der Waals surface area contributed by atoms with Gasteiger partial charge in [-0.05, 0) is 72.9 Å². The van der Waals surface area contributed by atoms with Gasteiger partial charge in [-0.15, -0.1) is 0 Å². The number of hydrogen-bond acceptors (Lipinski definition) is 2. The summed E-state index contributed by atoms with van der Waals surface area (Å²) in [7, 11) is 0. The molecule has 0 radical (unpaired) electrons. The Kier molecular flexibility index (Phi) is 5.34. The highest BCUT2D eigenvalue weighted by molar-refractivity contribution is 6.35. The molecular weight excluding hydrogens is 381 g/mol. The molecule has 0 unspecified atom stereocenters. The zero-order chi connectivity index (χ0) is 19.0. The minimum absolute atomic E-state index is 0.0869. The molecule has 0 spiro atoms. The largest absolute Gasteiger partial charge is 0.494 e. The van der Waals surface area contributed by atoms with Crippen molar-refractivity contribution in [1.82, 2.24) is 5.32 Å². The summed E-state index contributed by atoms with van der Waals surface area (Å²) < 4.78 is 5.59. The average molecular weight is 404 g/mol. The number of benzene rings is 2. The first-order valence-corrected chi connectivity index (χ1v) is 10.3. The van der Waals surface area contributed by atoms with E-state index < -0.39 is 0 Å². The van der Waals surface area contributed by atoms with Crippen LogP contribution in [0.5, 0.6) is 5.75 Å². The number of nitrogens with one attached hydrogen (secondary N) is 1. The second kappa shape index (κ2) is 7.73. The van der Waals surface area contributed by atoms with Gasteiger partial charge in [0.15, 0.2) is 0 Å². The van der Waals surface area contributed by atoms with Crippen LogP contribution in [0, 0.1) is 11.8 Å². The fourth-order valence-electron chi connectivity index (χ4n) is 4.83. The van der Waals surface area contributed by atoms with Gasteiger partial charge in [-0.1, -0.05) is 41.4 Å². The smallest absolute Gasteiger partial charge is 0.223 e. The molecule has 27 heavy (non-hydrogen) atoms. The Bertz CT molecular complexity index is 837. The molecule has 1 heterocycles. The van der Waals surface area contributed by atoms with E-state index in [1.54, 1.807) is 0 Å². The molecular formula is C22H23Cl2NO2. The number of ether oxygens (including phenoxy) is 1. The second-order valence-electron chi connectivity index (χ2n) is 7.39. The summed E-state index contributed by atoms with van der Waals surface area (Å²) in [6, 6.07) is 14.1. The second-order valence-corrected chi connectivity index (χ2v) is 8.24. The first kappa shape index (κ1) is 18.6. The van der Waals surface area contributed by atoms with Gasteiger partial charge in [-0.25, -0.2) is 0 Å². The lowest BCUT2D eigenvalue weighted by molar-refractivity contribution is -0.123. The fourth-order valence-corrected chi connectivity index (χ4v) is 5.38. The zero-order valence-corrected chi connectivity index (χ0v) is 16.8. The van der Waals surface area contributed by atoms with Gasteiger partial charge in [0.05, 0.1) is 6.61 Å². The fraction of sp³-hybridized carbons (Fsp3) is 0.409. The van der Waals surface area contributed by atoms with Crippen LogP contribution in [-0.2, 0) is 4.79 Å². The molecule has 1 saturated carbocycles. The summed E-state index contributed by atoms with van der Waals surface area (Å²) in [6.45, 7) is 3.35. The van der Waals surface area contributed by atoms with Crippen LogP contribution in [0.3, 0.4) is 0 Å². The van der Waals surface area contributed by atoms with Crippen molar-refractivity contribution in [2.24, 2.45) is 11.8 Å². The van der Waals surface area contributed by atoms with Crippen LogP contribution in [0.25, 0.3) is 0 Å².